The summed E-state index contributed by atoms with van der Waals surface area (Å²) in [5.41, 5.74) is 3.77. The summed E-state index contributed by atoms with van der Waals surface area (Å²) in [5, 5.41) is 0. The summed E-state index contributed by atoms with van der Waals surface area (Å²) >= 11 is 0. The molecule has 0 saturated heterocycles. The number of halogens is 1. The molecule has 0 N–H and O–H groups in total. The average Bonchev–Trinajstić information content (AvgIpc) is 2.96. The summed E-state index contributed by atoms with van der Waals surface area (Å²) in [6.07, 6.45) is 0. The number of rotatable bonds is 5. The molecule has 4 nitrogen and oxygen atoms in total. The van der Waals surface area contributed by atoms with E-state index in [0.717, 1.165) is 28.2 Å². The Bertz CT molecular complexity index is 1010. The minimum absolute atomic E-state index is 0.180. The van der Waals surface area contributed by atoms with Crippen LogP contribution in [0, 0.1) is 5.82 Å². The van der Waals surface area contributed by atoms with Gasteiger partial charge in [0, 0.05) is 30.8 Å². The van der Waals surface area contributed by atoms with Crippen LogP contribution < -0.4 is 14.2 Å². The first kappa shape index (κ1) is 19.3. The second-order valence-corrected chi connectivity index (χ2v) is 7.05. The number of hydrogen-bond donors (Lipinski definition) is 0. The van der Waals surface area contributed by atoms with E-state index >= 15 is 0 Å². The molecule has 29 heavy (non-hydrogen) atoms. The maximum atomic E-state index is 14.1. The van der Waals surface area contributed by atoms with Crippen molar-refractivity contribution in [1.82, 2.24) is 4.90 Å². The van der Waals surface area contributed by atoms with E-state index in [1.807, 2.05) is 42.5 Å². The van der Waals surface area contributed by atoms with Gasteiger partial charge in [-0.3, -0.25) is 4.90 Å². The van der Waals surface area contributed by atoms with Crippen molar-refractivity contribution in [2.45, 2.75) is 13.1 Å². The lowest BCUT2D eigenvalue weighted by atomic mass is 10.0. The minimum atomic E-state index is -0.180. The first-order valence-corrected chi connectivity index (χ1v) is 9.62. The fourth-order valence-corrected chi connectivity index (χ4v) is 3.66. The van der Waals surface area contributed by atoms with Gasteiger partial charge in [-0.15, -0.1) is 0 Å². The zero-order chi connectivity index (χ0) is 20.2. The average molecular weight is 393 g/mol. The Morgan fingerprint density at radius 3 is 2.62 bits per heavy atom. The van der Waals surface area contributed by atoms with E-state index in [9.17, 15) is 4.39 Å². The van der Waals surface area contributed by atoms with Gasteiger partial charge in [-0.05, 0) is 41.5 Å². The van der Waals surface area contributed by atoms with Gasteiger partial charge in [0.25, 0.3) is 0 Å². The largest absolute Gasteiger partial charge is 0.497 e. The van der Waals surface area contributed by atoms with E-state index in [0.29, 0.717) is 37.6 Å². The van der Waals surface area contributed by atoms with Crippen molar-refractivity contribution >= 4 is 0 Å². The lowest BCUT2D eigenvalue weighted by Gasteiger charge is -2.20. The maximum absolute atomic E-state index is 14.1. The number of methoxy groups -OCH3 is 2. The molecular formula is C24H24FNO3. The van der Waals surface area contributed by atoms with Crippen molar-refractivity contribution in [3.8, 4) is 28.4 Å². The maximum Gasteiger partial charge on any atom is 0.165 e. The van der Waals surface area contributed by atoms with Crippen molar-refractivity contribution in [2.24, 2.45) is 0 Å². The highest BCUT2D eigenvalue weighted by Crippen LogP contribution is 2.39. The molecule has 3 aromatic rings. The lowest BCUT2D eigenvalue weighted by Crippen LogP contribution is -2.25. The normalized spacial score (nSPS) is 13.9. The Morgan fingerprint density at radius 1 is 0.966 bits per heavy atom. The predicted molar refractivity (Wildman–Crippen MR) is 111 cm³/mol. The molecule has 150 valence electrons. The summed E-state index contributed by atoms with van der Waals surface area (Å²) in [5.74, 6) is 2.08. The lowest BCUT2D eigenvalue weighted by molar-refractivity contribution is 0.215. The molecule has 0 amide bonds. The zero-order valence-corrected chi connectivity index (χ0v) is 16.7. The van der Waals surface area contributed by atoms with Gasteiger partial charge < -0.3 is 14.2 Å². The molecule has 0 fully saturated rings. The number of nitrogens with zero attached hydrogens (tertiary/aromatic N) is 1. The van der Waals surface area contributed by atoms with Crippen LogP contribution in [0.5, 0.6) is 17.2 Å². The number of benzene rings is 3. The summed E-state index contributed by atoms with van der Waals surface area (Å²) < 4.78 is 31.1. The van der Waals surface area contributed by atoms with E-state index in [2.05, 4.69) is 11.0 Å². The van der Waals surface area contributed by atoms with Gasteiger partial charge >= 0.3 is 0 Å². The molecule has 1 aliphatic rings. The monoisotopic (exact) mass is 393 g/mol. The predicted octanol–water partition coefficient (Wildman–Crippen LogP) is 4.90. The summed E-state index contributed by atoms with van der Waals surface area (Å²) in [6.45, 7) is 2.41. The van der Waals surface area contributed by atoms with Gasteiger partial charge in [0.1, 0.15) is 18.2 Å². The highest BCUT2D eigenvalue weighted by Gasteiger charge is 2.21. The van der Waals surface area contributed by atoms with Crippen molar-refractivity contribution in [3.05, 3.63) is 77.6 Å². The van der Waals surface area contributed by atoms with Gasteiger partial charge in [-0.25, -0.2) is 4.39 Å². The molecule has 4 rings (SSSR count). The minimum Gasteiger partial charge on any atom is -0.497 e. The van der Waals surface area contributed by atoms with E-state index < -0.39 is 0 Å². The molecule has 5 heteroatoms. The Balaban J connectivity index is 1.68. The second-order valence-electron chi connectivity index (χ2n) is 7.05. The Labute approximate surface area is 170 Å². The highest BCUT2D eigenvalue weighted by molar-refractivity contribution is 5.70. The number of fused-ring (bicyclic) bond motifs is 1. The van der Waals surface area contributed by atoms with Crippen molar-refractivity contribution in [1.29, 1.82) is 0 Å². The SMILES string of the molecule is COc1cccc(-c2cc3c(c(OC)c2)OCCN(Cc2ccccc2F)C3)c1. The van der Waals surface area contributed by atoms with Gasteiger partial charge in [0.2, 0.25) is 0 Å². The van der Waals surface area contributed by atoms with E-state index in [1.54, 1.807) is 20.3 Å². The first-order valence-electron chi connectivity index (χ1n) is 9.62. The molecule has 0 atom stereocenters. The summed E-state index contributed by atoms with van der Waals surface area (Å²) in [4.78, 5) is 2.19. The molecule has 0 spiro atoms. The van der Waals surface area contributed by atoms with Crippen LogP contribution in [-0.4, -0.2) is 32.3 Å². The summed E-state index contributed by atoms with van der Waals surface area (Å²) in [6, 6.07) is 18.9. The van der Waals surface area contributed by atoms with Crippen molar-refractivity contribution < 1.29 is 18.6 Å². The fraction of sp³-hybridized carbons (Fsp3) is 0.250. The third-order valence-corrected chi connectivity index (χ3v) is 5.15. The summed E-state index contributed by atoms with van der Waals surface area (Å²) in [7, 11) is 3.31. The molecule has 0 unspecified atom stereocenters. The molecule has 1 aliphatic heterocycles. The van der Waals surface area contributed by atoms with Crippen molar-refractivity contribution in [2.75, 3.05) is 27.4 Å². The number of ether oxygens (including phenoxy) is 3. The molecule has 0 aliphatic carbocycles. The van der Waals surface area contributed by atoms with Crippen LogP contribution in [-0.2, 0) is 13.1 Å². The van der Waals surface area contributed by atoms with E-state index in [4.69, 9.17) is 14.2 Å². The van der Waals surface area contributed by atoms with Crippen LogP contribution in [0.25, 0.3) is 11.1 Å². The number of hydrogen-bond acceptors (Lipinski definition) is 4. The Hall–Kier alpha value is -3.05. The second kappa shape index (κ2) is 8.53. The van der Waals surface area contributed by atoms with Gasteiger partial charge in [0.15, 0.2) is 11.5 Å². The molecule has 0 aromatic heterocycles. The highest BCUT2D eigenvalue weighted by atomic mass is 19.1. The van der Waals surface area contributed by atoms with Crippen LogP contribution >= 0.6 is 0 Å². The van der Waals surface area contributed by atoms with Crippen LogP contribution in [0.1, 0.15) is 11.1 Å². The third-order valence-electron chi connectivity index (χ3n) is 5.15. The van der Waals surface area contributed by atoms with Crippen LogP contribution in [0.15, 0.2) is 60.7 Å². The molecule has 0 bridgehead atoms. The van der Waals surface area contributed by atoms with Gasteiger partial charge in [-0.1, -0.05) is 30.3 Å². The molecule has 0 saturated carbocycles. The van der Waals surface area contributed by atoms with Gasteiger partial charge in [-0.2, -0.15) is 0 Å². The smallest absolute Gasteiger partial charge is 0.165 e. The Kier molecular flexibility index (Phi) is 5.67. The quantitative estimate of drug-likeness (QED) is 0.617. The van der Waals surface area contributed by atoms with E-state index in [-0.39, 0.29) is 5.82 Å². The standard InChI is InChI=1S/C24H24FNO3/c1-27-21-8-5-7-17(13-21)19-12-20-16-26(15-18-6-3-4-9-22(18)25)10-11-29-24(20)23(14-19)28-2/h3-9,12-14H,10-11,15-16H2,1-2H3. The fourth-order valence-electron chi connectivity index (χ4n) is 3.66. The molecular weight excluding hydrogens is 369 g/mol. The molecule has 1 heterocycles. The first-order chi connectivity index (χ1) is 14.2. The van der Waals surface area contributed by atoms with Crippen LogP contribution in [0.3, 0.4) is 0 Å². The zero-order valence-electron chi connectivity index (χ0n) is 16.7. The third kappa shape index (κ3) is 4.20. The van der Waals surface area contributed by atoms with E-state index in [1.165, 1.54) is 6.07 Å². The Morgan fingerprint density at radius 2 is 1.83 bits per heavy atom. The van der Waals surface area contributed by atoms with Crippen LogP contribution in [0.2, 0.25) is 0 Å². The molecule has 3 aromatic carbocycles. The van der Waals surface area contributed by atoms with Crippen LogP contribution in [0.4, 0.5) is 4.39 Å². The van der Waals surface area contributed by atoms with Crippen molar-refractivity contribution in [3.63, 3.8) is 0 Å². The molecule has 0 radical (unpaired) electrons. The van der Waals surface area contributed by atoms with Gasteiger partial charge in [0.05, 0.1) is 14.2 Å². The topological polar surface area (TPSA) is 30.9 Å².